The molecular weight excluding hydrogens is 366 g/mol. The van der Waals surface area contributed by atoms with Crippen LogP contribution in [0.3, 0.4) is 0 Å². The maximum atomic E-state index is 13.1. The van der Waals surface area contributed by atoms with E-state index in [4.69, 9.17) is 4.74 Å². The monoisotopic (exact) mass is 387 g/mol. The molecule has 0 unspecified atom stereocenters. The summed E-state index contributed by atoms with van der Waals surface area (Å²) in [5, 5.41) is 0. The molecule has 1 saturated heterocycles. The van der Waals surface area contributed by atoms with Crippen LogP contribution in [0.2, 0.25) is 0 Å². The van der Waals surface area contributed by atoms with Crippen molar-refractivity contribution in [3.05, 3.63) is 48.3 Å². The molecule has 1 aromatic heterocycles. The topological polar surface area (TPSA) is 79.8 Å². The fourth-order valence-corrected chi connectivity index (χ4v) is 5.12. The third kappa shape index (κ3) is 3.42. The average Bonchev–Trinajstić information content (AvgIpc) is 3.29. The Morgan fingerprint density at radius 3 is 2.85 bits per heavy atom. The number of sulfonamides is 1. The van der Waals surface area contributed by atoms with Gasteiger partial charge in [0.15, 0.2) is 0 Å². The Hall–Kier alpha value is -2.45. The molecule has 142 valence electrons. The fourth-order valence-electron chi connectivity index (χ4n) is 3.62. The molecule has 1 fully saturated rings. The van der Waals surface area contributed by atoms with Crippen molar-refractivity contribution in [2.24, 2.45) is 0 Å². The van der Waals surface area contributed by atoms with Crippen LogP contribution in [-0.4, -0.2) is 49.4 Å². The summed E-state index contributed by atoms with van der Waals surface area (Å²) in [5.41, 5.74) is 1.70. The molecule has 0 saturated carbocycles. The van der Waals surface area contributed by atoms with E-state index in [-0.39, 0.29) is 16.9 Å². The van der Waals surface area contributed by atoms with Crippen molar-refractivity contribution in [3.63, 3.8) is 0 Å². The van der Waals surface area contributed by atoms with Gasteiger partial charge in [-0.25, -0.2) is 8.42 Å². The molecule has 1 amide bonds. The van der Waals surface area contributed by atoms with Gasteiger partial charge in [-0.15, -0.1) is 0 Å². The lowest BCUT2D eigenvalue weighted by Gasteiger charge is -2.19. The van der Waals surface area contributed by atoms with Crippen molar-refractivity contribution in [2.75, 3.05) is 24.5 Å². The van der Waals surface area contributed by atoms with Gasteiger partial charge >= 0.3 is 0 Å². The number of carbonyl (C=O) groups is 1. The van der Waals surface area contributed by atoms with E-state index in [1.807, 2.05) is 6.07 Å². The minimum absolute atomic E-state index is 0.0746. The summed E-state index contributed by atoms with van der Waals surface area (Å²) in [7, 11) is -3.63. The van der Waals surface area contributed by atoms with Crippen LogP contribution in [0.1, 0.15) is 18.9 Å². The standard InChI is InChI=1S/C19H21N3O4S/c1-14(23)22-10-6-15-4-5-18(11-19(15)22)27(24,25)21-9-7-17(13-21)26-16-3-2-8-20-12-16/h2-5,8,11-12,17H,6-7,9-10,13H2,1H3/t17-/m1/s1. The van der Waals surface area contributed by atoms with Gasteiger partial charge in [0.2, 0.25) is 15.9 Å². The third-order valence-electron chi connectivity index (χ3n) is 5.02. The van der Waals surface area contributed by atoms with E-state index in [1.54, 1.807) is 41.6 Å². The van der Waals surface area contributed by atoms with Crippen molar-refractivity contribution >= 4 is 21.6 Å². The molecule has 0 bridgehead atoms. The van der Waals surface area contributed by atoms with Crippen LogP contribution in [0, 0.1) is 0 Å². The molecule has 8 heteroatoms. The molecule has 7 nitrogen and oxygen atoms in total. The Kier molecular flexibility index (Phi) is 4.61. The number of hydrogen-bond acceptors (Lipinski definition) is 5. The summed E-state index contributed by atoms with van der Waals surface area (Å²) in [6.07, 6.45) is 4.45. The molecule has 0 radical (unpaired) electrons. The first kappa shape index (κ1) is 17.9. The first-order valence-corrected chi connectivity index (χ1v) is 10.4. The number of anilines is 1. The number of hydrogen-bond donors (Lipinski definition) is 0. The number of fused-ring (bicyclic) bond motifs is 1. The van der Waals surface area contributed by atoms with Crippen LogP contribution >= 0.6 is 0 Å². The third-order valence-corrected chi connectivity index (χ3v) is 6.88. The number of ether oxygens (including phenoxy) is 1. The normalized spacial score (nSPS) is 19.9. The van der Waals surface area contributed by atoms with Crippen molar-refractivity contribution in [1.29, 1.82) is 0 Å². The van der Waals surface area contributed by atoms with E-state index in [9.17, 15) is 13.2 Å². The van der Waals surface area contributed by atoms with Gasteiger partial charge in [-0.3, -0.25) is 9.78 Å². The Labute approximate surface area is 158 Å². The second-order valence-electron chi connectivity index (χ2n) is 6.79. The first-order valence-electron chi connectivity index (χ1n) is 8.93. The molecule has 0 aliphatic carbocycles. The molecule has 4 rings (SSSR count). The summed E-state index contributed by atoms with van der Waals surface area (Å²) < 4.78 is 33.4. The average molecular weight is 387 g/mol. The number of rotatable bonds is 4. The highest BCUT2D eigenvalue weighted by Crippen LogP contribution is 2.32. The van der Waals surface area contributed by atoms with E-state index in [0.717, 1.165) is 12.0 Å². The number of nitrogens with zero attached hydrogens (tertiary/aromatic N) is 3. The van der Waals surface area contributed by atoms with Gasteiger partial charge in [0, 0.05) is 31.9 Å². The van der Waals surface area contributed by atoms with Gasteiger partial charge in [-0.2, -0.15) is 4.31 Å². The molecule has 0 spiro atoms. The van der Waals surface area contributed by atoms with Gasteiger partial charge in [-0.1, -0.05) is 6.07 Å². The highest BCUT2D eigenvalue weighted by molar-refractivity contribution is 7.89. The number of amides is 1. The van der Waals surface area contributed by atoms with Crippen LogP contribution in [-0.2, 0) is 21.2 Å². The molecule has 2 aromatic rings. The van der Waals surface area contributed by atoms with E-state index in [1.165, 1.54) is 11.2 Å². The zero-order valence-corrected chi connectivity index (χ0v) is 15.9. The molecule has 2 aliphatic rings. The van der Waals surface area contributed by atoms with Gasteiger partial charge in [0.05, 0.1) is 17.6 Å². The maximum Gasteiger partial charge on any atom is 0.243 e. The summed E-state index contributed by atoms with van der Waals surface area (Å²) in [6.45, 7) is 2.79. The number of carbonyl (C=O) groups excluding carboxylic acids is 1. The quantitative estimate of drug-likeness (QED) is 0.800. The van der Waals surface area contributed by atoms with Gasteiger partial charge in [0.1, 0.15) is 11.9 Å². The molecule has 1 aromatic carbocycles. The molecule has 0 N–H and O–H groups in total. The van der Waals surface area contributed by atoms with E-state index >= 15 is 0 Å². The van der Waals surface area contributed by atoms with Crippen LogP contribution < -0.4 is 9.64 Å². The molecule has 3 heterocycles. The second-order valence-corrected chi connectivity index (χ2v) is 8.73. The molecular formula is C19H21N3O4S. The van der Waals surface area contributed by atoms with E-state index in [2.05, 4.69) is 4.98 Å². The van der Waals surface area contributed by atoms with Crippen molar-refractivity contribution in [3.8, 4) is 5.75 Å². The molecule has 27 heavy (non-hydrogen) atoms. The summed E-state index contributed by atoms with van der Waals surface area (Å²) in [5.74, 6) is 0.561. The number of aromatic nitrogens is 1. The zero-order chi connectivity index (χ0) is 19.0. The fraction of sp³-hybridized carbons (Fsp3) is 0.368. The lowest BCUT2D eigenvalue weighted by Crippen LogP contribution is -2.31. The zero-order valence-electron chi connectivity index (χ0n) is 15.0. The minimum Gasteiger partial charge on any atom is -0.487 e. The Morgan fingerprint density at radius 1 is 1.26 bits per heavy atom. The highest BCUT2D eigenvalue weighted by Gasteiger charge is 2.35. The van der Waals surface area contributed by atoms with Crippen LogP contribution in [0.15, 0.2) is 47.6 Å². The number of benzene rings is 1. The number of pyridine rings is 1. The second kappa shape index (κ2) is 6.94. The van der Waals surface area contributed by atoms with Crippen molar-refractivity contribution in [2.45, 2.75) is 30.8 Å². The van der Waals surface area contributed by atoms with Crippen LogP contribution in [0.25, 0.3) is 0 Å². The SMILES string of the molecule is CC(=O)N1CCc2ccc(S(=O)(=O)N3CC[C@@H](Oc4cccnc4)C3)cc21. The minimum atomic E-state index is -3.63. The largest absolute Gasteiger partial charge is 0.487 e. The summed E-state index contributed by atoms with van der Waals surface area (Å²) in [4.78, 5) is 17.6. The summed E-state index contributed by atoms with van der Waals surface area (Å²) in [6, 6.07) is 8.65. The Balaban J connectivity index is 1.53. The maximum absolute atomic E-state index is 13.1. The van der Waals surface area contributed by atoms with Gasteiger partial charge in [-0.05, 0) is 42.7 Å². The van der Waals surface area contributed by atoms with Crippen molar-refractivity contribution in [1.82, 2.24) is 9.29 Å². The van der Waals surface area contributed by atoms with Crippen molar-refractivity contribution < 1.29 is 17.9 Å². The lowest BCUT2D eigenvalue weighted by atomic mass is 10.2. The van der Waals surface area contributed by atoms with Gasteiger partial charge < -0.3 is 9.64 Å². The lowest BCUT2D eigenvalue weighted by molar-refractivity contribution is -0.116. The Bertz CT molecular complexity index is 962. The van der Waals surface area contributed by atoms with E-state index < -0.39 is 10.0 Å². The predicted molar refractivity (Wildman–Crippen MR) is 100 cm³/mol. The smallest absolute Gasteiger partial charge is 0.243 e. The molecule has 1 atom stereocenters. The predicted octanol–water partition coefficient (Wildman–Crippen LogP) is 1.83. The van der Waals surface area contributed by atoms with Crippen LogP contribution in [0.5, 0.6) is 5.75 Å². The highest BCUT2D eigenvalue weighted by atomic mass is 32.2. The van der Waals surface area contributed by atoms with Crippen LogP contribution in [0.4, 0.5) is 5.69 Å². The van der Waals surface area contributed by atoms with E-state index in [0.29, 0.717) is 37.5 Å². The summed E-state index contributed by atoms with van der Waals surface area (Å²) >= 11 is 0. The first-order chi connectivity index (χ1) is 12.9. The van der Waals surface area contributed by atoms with Gasteiger partial charge in [0.25, 0.3) is 0 Å². The Morgan fingerprint density at radius 2 is 2.11 bits per heavy atom. The molecule has 2 aliphatic heterocycles.